The Morgan fingerprint density at radius 2 is 1.81 bits per heavy atom. The molecule has 1 atom stereocenters. The highest BCUT2D eigenvalue weighted by molar-refractivity contribution is 5.64. The summed E-state index contributed by atoms with van der Waals surface area (Å²) in [5.74, 6) is 0.839. The van der Waals surface area contributed by atoms with Crippen LogP contribution in [-0.2, 0) is 12.6 Å². The normalized spacial score (nSPS) is 18.0. The number of nitrogens with one attached hydrogen (secondary N) is 1. The zero-order valence-corrected chi connectivity index (χ0v) is 11.5. The van der Waals surface area contributed by atoms with E-state index in [0.29, 0.717) is 17.3 Å². The number of benzene rings is 1. The molecule has 2 heterocycles. The number of aromatic nitrogens is 1. The lowest BCUT2D eigenvalue weighted by atomic mass is 10.0. The molecule has 21 heavy (non-hydrogen) atoms. The molecule has 2 aromatic rings. The quantitative estimate of drug-likeness (QED) is 0.836. The van der Waals surface area contributed by atoms with Crippen molar-refractivity contribution in [3.63, 3.8) is 0 Å². The minimum absolute atomic E-state index is 0.368. The van der Waals surface area contributed by atoms with Crippen LogP contribution in [0, 0.1) is 0 Å². The van der Waals surface area contributed by atoms with E-state index in [4.69, 9.17) is 0 Å². The van der Waals surface area contributed by atoms with E-state index in [-0.39, 0.29) is 0 Å². The highest BCUT2D eigenvalue weighted by atomic mass is 19.4. The van der Waals surface area contributed by atoms with Gasteiger partial charge in [0, 0.05) is 11.6 Å². The van der Waals surface area contributed by atoms with Gasteiger partial charge in [-0.1, -0.05) is 18.2 Å². The van der Waals surface area contributed by atoms with Crippen molar-refractivity contribution < 1.29 is 13.2 Å². The number of halogens is 3. The second-order valence-electron chi connectivity index (χ2n) is 5.36. The Morgan fingerprint density at radius 3 is 2.48 bits per heavy atom. The minimum Gasteiger partial charge on any atom is -0.367 e. The van der Waals surface area contributed by atoms with E-state index < -0.39 is 11.7 Å². The molecule has 1 aliphatic rings. The Balaban J connectivity index is 1.92. The summed E-state index contributed by atoms with van der Waals surface area (Å²) in [5, 5.41) is 3.31. The molecular weight excluding hydrogens is 277 g/mol. The van der Waals surface area contributed by atoms with E-state index in [1.54, 1.807) is 0 Å². The first-order valence-corrected chi connectivity index (χ1v) is 6.87. The van der Waals surface area contributed by atoms with E-state index in [1.807, 2.05) is 12.1 Å². The predicted molar refractivity (Wildman–Crippen MR) is 76.1 cm³/mol. The Labute approximate surface area is 121 Å². The summed E-state index contributed by atoms with van der Waals surface area (Å²) >= 11 is 0. The maximum absolute atomic E-state index is 12.6. The van der Waals surface area contributed by atoms with Gasteiger partial charge in [-0.25, -0.2) is 4.98 Å². The largest absolute Gasteiger partial charge is 0.416 e. The molecule has 1 aliphatic heterocycles. The van der Waals surface area contributed by atoms with E-state index in [9.17, 15) is 13.2 Å². The van der Waals surface area contributed by atoms with Gasteiger partial charge < -0.3 is 5.32 Å². The van der Waals surface area contributed by atoms with Gasteiger partial charge in [-0.2, -0.15) is 13.2 Å². The Kier molecular flexibility index (Phi) is 3.35. The SMILES string of the molecule is C[C@@H]1CCc2ccc(-c3ccc(C(F)(F)F)cc3)nc2N1. The molecule has 0 radical (unpaired) electrons. The summed E-state index contributed by atoms with van der Waals surface area (Å²) in [5.41, 5.74) is 1.88. The van der Waals surface area contributed by atoms with Crippen LogP contribution in [-0.4, -0.2) is 11.0 Å². The van der Waals surface area contributed by atoms with Crippen LogP contribution in [0.25, 0.3) is 11.3 Å². The highest BCUT2D eigenvalue weighted by Crippen LogP contribution is 2.31. The third kappa shape index (κ3) is 2.86. The number of nitrogens with zero attached hydrogens (tertiary/aromatic N) is 1. The van der Waals surface area contributed by atoms with Crippen molar-refractivity contribution in [3.05, 3.63) is 47.5 Å². The number of aryl methyl sites for hydroxylation is 1. The van der Waals surface area contributed by atoms with Gasteiger partial charge in [-0.3, -0.25) is 0 Å². The third-order valence-electron chi connectivity index (χ3n) is 3.72. The van der Waals surface area contributed by atoms with Crippen LogP contribution in [0.1, 0.15) is 24.5 Å². The molecule has 0 saturated heterocycles. The number of fused-ring (bicyclic) bond motifs is 1. The molecule has 3 rings (SSSR count). The zero-order chi connectivity index (χ0) is 15.0. The average molecular weight is 292 g/mol. The first kappa shape index (κ1) is 13.9. The lowest BCUT2D eigenvalue weighted by Gasteiger charge is -2.23. The van der Waals surface area contributed by atoms with Crippen LogP contribution < -0.4 is 5.32 Å². The van der Waals surface area contributed by atoms with Crippen molar-refractivity contribution >= 4 is 5.82 Å². The van der Waals surface area contributed by atoms with Crippen molar-refractivity contribution in [2.45, 2.75) is 32.0 Å². The highest BCUT2D eigenvalue weighted by Gasteiger charge is 2.30. The van der Waals surface area contributed by atoms with Gasteiger partial charge in [0.1, 0.15) is 5.82 Å². The molecule has 1 aromatic heterocycles. The lowest BCUT2D eigenvalue weighted by Crippen LogP contribution is -2.22. The van der Waals surface area contributed by atoms with Crippen molar-refractivity contribution in [3.8, 4) is 11.3 Å². The standard InChI is InChI=1S/C16H15F3N2/c1-10-2-3-12-6-9-14(21-15(12)20-10)11-4-7-13(8-5-11)16(17,18)19/h4-10H,2-3H2,1H3,(H,20,21)/t10-/m1/s1. The Hall–Kier alpha value is -2.04. The topological polar surface area (TPSA) is 24.9 Å². The van der Waals surface area contributed by atoms with E-state index in [0.717, 1.165) is 36.4 Å². The molecule has 5 heteroatoms. The first-order chi connectivity index (χ1) is 9.93. The monoisotopic (exact) mass is 292 g/mol. The van der Waals surface area contributed by atoms with Crippen molar-refractivity contribution in [2.24, 2.45) is 0 Å². The summed E-state index contributed by atoms with van der Waals surface area (Å²) in [6, 6.07) is 9.33. The van der Waals surface area contributed by atoms with E-state index in [1.165, 1.54) is 12.1 Å². The molecule has 0 amide bonds. The van der Waals surface area contributed by atoms with Gasteiger partial charge in [0.05, 0.1) is 11.3 Å². The van der Waals surface area contributed by atoms with Gasteiger partial charge in [0.15, 0.2) is 0 Å². The number of pyridine rings is 1. The van der Waals surface area contributed by atoms with Crippen molar-refractivity contribution in [1.29, 1.82) is 0 Å². The molecule has 1 N–H and O–H groups in total. The fraction of sp³-hybridized carbons (Fsp3) is 0.312. The van der Waals surface area contributed by atoms with Crippen LogP contribution in [0.2, 0.25) is 0 Å². The molecule has 1 aromatic carbocycles. The van der Waals surface area contributed by atoms with Crippen LogP contribution in [0.3, 0.4) is 0 Å². The third-order valence-corrected chi connectivity index (χ3v) is 3.72. The van der Waals surface area contributed by atoms with Gasteiger partial charge in [-0.05, 0) is 43.5 Å². The van der Waals surface area contributed by atoms with Gasteiger partial charge in [0.2, 0.25) is 0 Å². The van der Waals surface area contributed by atoms with Crippen LogP contribution >= 0.6 is 0 Å². The molecule has 0 fully saturated rings. The van der Waals surface area contributed by atoms with Gasteiger partial charge in [0.25, 0.3) is 0 Å². The number of hydrogen-bond donors (Lipinski definition) is 1. The molecule has 0 bridgehead atoms. The maximum Gasteiger partial charge on any atom is 0.416 e. The molecule has 110 valence electrons. The smallest absolute Gasteiger partial charge is 0.367 e. The lowest BCUT2D eigenvalue weighted by molar-refractivity contribution is -0.137. The molecule has 0 spiro atoms. The summed E-state index contributed by atoms with van der Waals surface area (Å²) in [4.78, 5) is 4.53. The summed E-state index contributed by atoms with van der Waals surface area (Å²) < 4.78 is 37.7. The number of anilines is 1. The van der Waals surface area contributed by atoms with Crippen LogP contribution in [0.5, 0.6) is 0 Å². The molecule has 0 aliphatic carbocycles. The van der Waals surface area contributed by atoms with E-state index in [2.05, 4.69) is 17.2 Å². The fourth-order valence-electron chi connectivity index (χ4n) is 2.48. The summed E-state index contributed by atoms with van der Waals surface area (Å²) in [6.45, 7) is 2.09. The summed E-state index contributed by atoms with van der Waals surface area (Å²) in [6.07, 6.45) is -2.27. The number of alkyl halides is 3. The second-order valence-corrected chi connectivity index (χ2v) is 5.36. The Bertz CT molecular complexity index is 648. The first-order valence-electron chi connectivity index (χ1n) is 6.87. The Morgan fingerprint density at radius 1 is 1.10 bits per heavy atom. The van der Waals surface area contributed by atoms with Gasteiger partial charge in [-0.15, -0.1) is 0 Å². The second kappa shape index (κ2) is 5.06. The average Bonchev–Trinajstić information content (AvgIpc) is 2.45. The molecule has 2 nitrogen and oxygen atoms in total. The number of rotatable bonds is 1. The van der Waals surface area contributed by atoms with E-state index >= 15 is 0 Å². The summed E-state index contributed by atoms with van der Waals surface area (Å²) in [7, 11) is 0. The van der Waals surface area contributed by atoms with Gasteiger partial charge >= 0.3 is 6.18 Å². The molecule has 0 saturated carbocycles. The zero-order valence-electron chi connectivity index (χ0n) is 11.5. The number of hydrogen-bond acceptors (Lipinski definition) is 2. The molecular formula is C16H15F3N2. The predicted octanol–water partition coefficient (Wildman–Crippen LogP) is 4.51. The van der Waals surface area contributed by atoms with Crippen molar-refractivity contribution in [1.82, 2.24) is 4.98 Å². The molecule has 0 unspecified atom stereocenters. The minimum atomic E-state index is -4.31. The maximum atomic E-state index is 12.6. The van der Waals surface area contributed by atoms with Crippen LogP contribution in [0.4, 0.5) is 19.0 Å². The fourth-order valence-corrected chi connectivity index (χ4v) is 2.48. The van der Waals surface area contributed by atoms with Crippen LogP contribution in [0.15, 0.2) is 36.4 Å². The van der Waals surface area contributed by atoms with Crippen molar-refractivity contribution in [2.75, 3.05) is 5.32 Å².